The molecule has 0 fully saturated rings. The molecular formula is C9H6ClNO2. The van der Waals surface area contributed by atoms with Crippen molar-refractivity contribution in [1.29, 1.82) is 0 Å². The Hall–Kier alpha value is -1.48. The summed E-state index contributed by atoms with van der Waals surface area (Å²) in [7, 11) is 0. The topological polar surface area (TPSA) is 42.2 Å². The minimum absolute atomic E-state index is 0.220. The Balaban J connectivity index is 2.88. The zero-order chi connectivity index (χ0) is 9.42. The summed E-state index contributed by atoms with van der Waals surface area (Å²) in [6.45, 7) is 0. The molecule has 2 aromatic rings. The lowest BCUT2D eigenvalue weighted by molar-refractivity contribution is 0.0699. The maximum absolute atomic E-state index is 10.8. The quantitative estimate of drug-likeness (QED) is 0.759. The fraction of sp³-hybridized carbons (Fsp3) is 0. The summed E-state index contributed by atoms with van der Waals surface area (Å²) in [4.78, 5) is 10.8. The monoisotopic (exact) mass is 195 g/mol. The van der Waals surface area contributed by atoms with Crippen molar-refractivity contribution in [1.82, 2.24) is 4.09 Å². The third-order valence-corrected chi connectivity index (χ3v) is 2.18. The highest BCUT2D eigenvalue weighted by atomic mass is 35.5. The van der Waals surface area contributed by atoms with Gasteiger partial charge in [0.2, 0.25) is 0 Å². The van der Waals surface area contributed by atoms with Gasteiger partial charge in [0.1, 0.15) is 0 Å². The second-order valence-corrected chi connectivity index (χ2v) is 3.04. The molecule has 0 amide bonds. The van der Waals surface area contributed by atoms with E-state index in [0.29, 0.717) is 5.52 Å². The van der Waals surface area contributed by atoms with Gasteiger partial charge in [-0.1, -0.05) is 12.1 Å². The van der Waals surface area contributed by atoms with E-state index in [1.54, 1.807) is 18.3 Å². The Labute approximate surface area is 79.3 Å². The van der Waals surface area contributed by atoms with Gasteiger partial charge in [-0.15, -0.1) is 0 Å². The van der Waals surface area contributed by atoms with Gasteiger partial charge >= 0.3 is 5.97 Å². The normalized spacial score (nSPS) is 10.5. The Morgan fingerprint density at radius 1 is 1.38 bits per heavy atom. The van der Waals surface area contributed by atoms with Crippen molar-refractivity contribution in [2.75, 3.05) is 0 Å². The number of halogens is 1. The van der Waals surface area contributed by atoms with Crippen LogP contribution < -0.4 is 0 Å². The molecule has 0 saturated heterocycles. The molecule has 1 N–H and O–H groups in total. The molecule has 0 aliphatic rings. The molecule has 0 spiro atoms. The lowest BCUT2D eigenvalue weighted by Gasteiger charge is -1.98. The predicted molar refractivity (Wildman–Crippen MR) is 50.1 cm³/mol. The van der Waals surface area contributed by atoms with Gasteiger partial charge in [-0.05, 0) is 12.1 Å². The number of carboxylic acids is 1. The third-order valence-electron chi connectivity index (χ3n) is 1.90. The van der Waals surface area contributed by atoms with Crippen LogP contribution >= 0.6 is 11.8 Å². The number of carbonyl (C=O) groups is 1. The molecule has 3 nitrogen and oxygen atoms in total. The van der Waals surface area contributed by atoms with Crippen LogP contribution in [0.2, 0.25) is 0 Å². The number of hydrogen-bond donors (Lipinski definition) is 1. The van der Waals surface area contributed by atoms with Gasteiger partial charge < -0.3 is 5.11 Å². The summed E-state index contributed by atoms with van der Waals surface area (Å²) in [5.74, 6) is -0.966. The molecule has 4 heteroatoms. The van der Waals surface area contributed by atoms with E-state index in [2.05, 4.69) is 0 Å². The van der Waals surface area contributed by atoms with Gasteiger partial charge in [-0.3, -0.25) is 4.09 Å². The zero-order valence-corrected chi connectivity index (χ0v) is 7.32. The minimum atomic E-state index is -0.966. The standard InChI is InChI=1S/C9H6ClNO2/c10-11-5-4-6-2-1-3-7(8(6)11)9(12)13/h1-5H,(H,12,13). The minimum Gasteiger partial charge on any atom is -0.478 e. The lowest BCUT2D eigenvalue weighted by atomic mass is 10.1. The summed E-state index contributed by atoms with van der Waals surface area (Å²) in [6, 6.07) is 6.82. The number of benzene rings is 1. The first-order valence-corrected chi connectivity index (χ1v) is 4.03. The van der Waals surface area contributed by atoms with Gasteiger partial charge in [0, 0.05) is 23.4 Å². The molecule has 0 unspecified atom stereocenters. The highest BCUT2D eigenvalue weighted by molar-refractivity contribution is 6.21. The number of carboxylic acid groups (broad SMARTS) is 1. The summed E-state index contributed by atoms with van der Waals surface area (Å²) < 4.78 is 1.29. The molecule has 1 aromatic carbocycles. The highest BCUT2D eigenvalue weighted by Gasteiger charge is 2.10. The van der Waals surface area contributed by atoms with Crippen LogP contribution in [0.1, 0.15) is 10.4 Å². The van der Waals surface area contributed by atoms with Crippen LogP contribution in [0.4, 0.5) is 0 Å². The van der Waals surface area contributed by atoms with E-state index in [1.807, 2.05) is 6.07 Å². The fourth-order valence-corrected chi connectivity index (χ4v) is 1.57. The van der Waals surface area contributed by atoms with Crippen molar-refractivity contribution in [2.24, 2.45) is 0 Å². The average Bonchev–Trinajstić information content (AvgIpc) is 2.48. The molecule has 0 saturated carbocycles. The number of fused-ring (bicyclic) bond motifs is 1. The predicted octanol–water partition coefficient (Wildman–Crippen LogP) is 2.34. The molecular weight excluding hydrogens is 190 g/mol. The summed E-state index contributed by atoms with van der Waals surface area (Å²) >= 11 is 5.78. The second kappa shape index (κ2) is 2.78. The van der Waals surface area contributed by atoms with Crippen molar-refractivity contribution in [3.8, 4) is 0 Å². The van der Waals surface area contributed by atoms with Crippen LogP contribution in [-0.2, 0) is 0 Å². The number of rotatable bonds is 1. The van der Waals surface area contributed by atoms with Crippen LogP contribution in [0.15, 0.2) is 30.5 Å². The fourth-order valence-electron chi connectivity index (χ4n) is 1.33. The molecule has 1 heterocycles. The van der Waals surface area contributed by atoms with Crippen molar-refractivity contribution in [3.05, 3.63) is 36.0 Å². The van der Waals surface area contributed by atoms with E-state index < -0.39 is 5.97 Å². The van der Waals surface area contributed by atoms with E-state index in [0.717, 1.165) is 5.39 Å². The molecule has 1 aromatic heterocycles. The zero-order valence-electron chi connectivity index (χ0n) is 6.57. The van der Waals surface area contributed by atoms with E-state index >= 15 is 0 Å². The SMILES string of the molecule is O=C(O)c1cccc2ccn(Cl)c12. The smallest absolute Gasteiger partial charge is 0.337 e. The number of para-hydroxylation sites is 1. The molecule has 66 valence electrons. The maximum Gasteiger partial charge on any atom is 0.337 e. The van der Waals surface area contributed by atoms with Crippen LogP contribution in [-0.4, -0.2) is 15.2 Å². The maximum atomic E-state index is 10.8. The Bertz CT molecular complexity index is 475. The van der Waals surface area contributed by atoms with Gasteiger partial charge in [-0.25, -0.2) is 4.79 Å². The van der Waals surface area contributed by atoms with E-state index in [1.165, 1.54) is 10.2 Å². The van der Waals surface area contributed by atoms with E-state index in [4.69, 9.17) is 16.9 Å². The van der Waals surface area contributed by atoms with Crippen LogP contribution in [0.25, 0.3) is 10.9 Å². The molecule has 0 radical (unpaired) electrons. The van der Waals surface area contributed by atoms with Gasteiger partial charge in [0.15, 0.2) is 0 Å². The van der Waals surface area contributed by atoms with Crippen LogP contribution in [0.3, 0.4) is 0 Å². The molecule has 0 atom stereocenters. The van der Waals surface area contributed by atoms with Crippen molar-refractivity contribution >= 4 is 28.6 Å². The largest absolute Gasteiger partial charge is 0.478 e. The Morgan fingerprint density at radius 2 is 2.15 bits per heavy atom. The molecule has 0 bridgehead atoms. The first-order chi connectivity index (χ1) is 6.20. The van der Waals surface area contributed by atoms with Crippen molar-refractivity contribution < 1.29 is 9.90 Å². The van der Waals surface area contributed by atoms with Gasteiger partial charge in [0.05, 0.1) is 11.1 Å². The summed E-state index contributed by atoms with van der Waals surface area (Å²) in [5.41, 5.74) is 0.758. The van der Waals surface area contributed by atoms with E-state index in [-0.39, 0.29) is 5.56 Å². The molecule has 13 heavy (non-hydrogen) atoms. The van der Waals surface area contributed by atoms with Crippen molar-refractivity contribution in [3.63, 3.8) is 0 Å². The van der Waals surface area contributed by atoms with Crippen LogP contribution in [0.5, 0.6) is 0 Å². The number of aromatic nitrogens is 1. The number of aromatic carboxylic acids is 1. The lowest BCUT2D eigenvalue weighted by Crippen LogP contribution is -1.98. The third kappa shape index (κ3) is 1.17. The van der Waals surface area contributed by atoms with Crippen LogP contribution in [0, 0.1) is 0 Å². The van der Waals surface area contributed by atoms with Gasteiger partial charge in [-0.2, -0.15) is 0 Å². The van der Waals surface area contributed by atoms with Crippen molar-refractivity contribution in [2.45, 2.75) is 0 Å². The second-order valence-electron chi connectivity index (χ2n) is 2.68. The number of hydrogen-bond acceptors (Lipinski definition) is 1. The summed E-state index contributed by atoms with van der Waals surface area (Å²) in [5, 5.41) is 9.68. The first-order valence-electron chi connectivity index (χ1n) is 3.69. The molecule has 2 rings (SSSR count). The Morgan fingerprint density at radius 3 is 2.85 bits per heavy atom. The molecule has 0 aliphatic heterocycles. The summed E-state index contributed by atoms with van der Waals surface area (Å²) in [6.07, 6.45) is 1.62. The number of nitrogens with zero attached hydrogens (tertiary/aromatic N) is 1. The average molecular weight is 196 g/mol. The molecule has 0 aliphatic carbocycles. The van der Waals surface area contributed by atoms with E-state index in [9.17, 15) is 4.79 Å². The highest BCUT2D eigenvalue weighted by Crippen LogP contribution is 2.20. The first kappa shape index (κ1) is 8.13. The Kier molecular flexibility index (Phi) is 1.74. The van der Waals surface area contributed by atoms with Gasteiger partial charge in [0.25, 0.3) is 0 Å².